The van der Waals surface area contributed by atoms with Gasteiger partial charge in [0.15, 0.2) is 0 Å². The molecule has 8 heteroatoms. The lowest BCUT2D eigenvalue weighted by Gasteiger charge is -2.33. The highest BCUT2D eigenvalue weighted by molar-refractivity contribution is 5.88. The van der Waals surface area contributed by atoms with Gasteiger partial charge in [-0.05, 0) is 94.5 Å². The summed E-state index contributed by atoms with van der Waals surface area (Å²) in [7, 11) is 0. The van der Waals surface area contributed by atoms with Crippen LogP contribution in [0.25, 0.3) is 10.9 Å². The number of hydrogen-bond donors (Lipinski definition) is 0. The first kappa shape index (κ1) is 30.5. The molecule has 7 nitrogen and oxygen atoms in total. The maximum Gasteiger partial charge on any atom is 0.232 e. The smallest absolute Gasteiger partial charge is 0.232 e. The van der Waals surface area contributed by atoms with Crippen LogP contribution in [0.3, 0.4) is 0 Å². The number of carbonyl (C=O) groups excluding carboxylic acids is 2. The van der Waals surface area contributed by atoms with Crippen molar-refractivity contribution < 1.29 is 14.0 Å². The van der Waals surface area contributed by atoms with Gasteiger partial charge in [0.25, 0.3) is 0 Å². The fourth-order valence-electron chi connectivity index (χ4n) is 7.39. The molecule has 0 spiro atoms. The van der Waals surface area contributed by atoms with E-state index in [0.29, 0.717) is 18.4 Å². The molecule has 2 unspecified atom stereocenters. The summed E-state index contributed by atoms with van der Waals surface area (Å²) in [5, 5.41) is 1.21. The summed E-state index contributed by atoms with van der Waals surface area (Å²) in [6.07, 6.45) is 16.1. The molecule has 3 aliphatic rings. The molecule has 42 heavy (non-hydrogen) atoms. The summed E-state index contributed by atoms with van der Waals surface area (Å²) in [6, 6.07) is -0.260. The predicted molar refractivity (Wildman–Crippen MR) is 166 cm³/mol. The van der Waals surface area contributed by atoms with Gasteiger partial charge in [0.1, 0.15) is 5.83 Å². The normalized spacial score (nSPS) is 23.6. The second-order valence-electron chi connectivity index (χ2n) is 13.0. The Hall–Kier alpha value is -3.00. The summed E-state index contributed by atoms with van der Waals surface area (Å²) in [5.41, 5.74) is 3.43. The number of rotatable bonds is 9. The molecule has 5 rings (SSSR count). The molecule has 0 bridgehead atoms. The minimum absolute atomic E-state index is 0.0269. The number of halogens is 1. The van der Waals surface area contributed by atoms with E-state index in [1.807, 2.05) is 42.1 Å². The summed E-state index contributed by atoms with van der Waals surface area (Å²) in [4.78, 5) is 36.5. The number of carbonyl (C=O) groups is 2. The molecule has 4 heterocycles. The molecule has 2 aromatic heterocycles. The number of hydrogen-bond acceptors (Lipinski definition) is 4. The van der Waals surface area contributed by atoms with Crippen LogP contribution >= 0.6 is 0 Å². The molecule has 0 N–H and O–H groups in total. The van der Waals surface area contributed by atoms with E-state index < -0.39 is 5.92 Å². The Labute approximate surface area is 250 Å². The van der Waals surface area contributed by atoms with E-state index in [9.17, 15) is 14.0 Å². The molecule has 2 saturated heterocycles. The zero-order valence-corrected chi connectivity index (χ0v) is 26.1. The number of fused-ring (bicyclic) bond motifs is 1. The molecular weight excluding hydrogens is 529 g/mol. The van der Waals surface area contributed by atoms with Crippen LogP contribution in [-0.4, -0.2) is 81.4 Å². The standard InChI is InChI=1S/C34H48FN5O2/c1-6-12-39(23(2)3)34(42)30-17-29(35)7-8-31(30)40-22-28(33-24(4)18-36-19-32(33)40)16-27-9-13-37(21-27)20-26-10-14-38(15-11-26)25(5)41/h7-8,17-19,22-23,26-27,30-31H,6,9-16,20-21H2,1-5H3/t27-,30?,31?/m0/s1. The molecule has 2 fully saturated rings. The second kappa shape index (κ2) is 13.1. The van der Waals surface area contributed by atoms with Gasteiger partial charge in [-0.15, -0.1) is 0 Å². The van der Waals surface area contributed by atoms with E-state index in [-0.39, 0.29) is 29.7 Å². The highest BCUT2D eigenvalue weighted by Gasteiger charge is 2.35. The first-order chi connectivity index (χ1) is 20.2. The quantitative estimate of drug-likeness (QED) is 0.384. The highest BCUT2D eigenvalue weighted by Crippen LogP contribution is 2.37. The largest absolute Gasteiger partial charge is 0.343 e. The average molecular weight is 578 g/mol. The number of piperidine rings is 1. The van der Waals surface area contributed by atoms with Gasteiger partial charge in [-0.25, -0.2) is 4.39 Å². The Morgan fingerprint density at radius 3 is 2.55 bits per heavy atom. The van der Waals surface area contributed by atoms with Gasteiger partial charge in [0.2, 0.25) is 11.8 Å². The molecular formula is C34H48FN5O2. The first-order valence-electron chi connectivity index (χ1n) is 15.9. The molecule has 0 saturated carbocycles. The zero-order valence-electron chi connectivity index (χ0n) is 26.1. The third-order valence-corrected chi connectivity index (χ3v) is 9.60. The van der Waals surface area contributed by atoms with Gasteiger partial charge < -0.3 is 19.3 Å². The van der Waals surface area contributed by atoms with Crippen molar-refractivity contribution in [1.82, 2.24) is 24.3 Å². The van der Waals surface area contributed by atoms with Gasteiger partial charge in [-0.3, -0.25) is 14.6 Å². The summed E-state index contributed by atoms with van der Waals surface area (Å²) in [6.45, 7) is 15.6. The van der Waals surface area contributed by atoms with Crippen molar-refractivity contribution in [1.29, 1.82) is 0 Å². The Balaban J connectivity index is 1.35. The zero-order chi connectivity index (χ0) is 30.0. The second-order valence-corrected chi connectivity index (χ2v) is 13.0. The van der Waals surface area contributed by atoms with E-state index in [4.69, 9.17) is 0 Å². The molecule has 2 amide bonds. The minimum Gasteiger partial charge on any atom is -0.343 e. The maximum atomic E-state index is 14.6. The summed E-state index contributed by atoms with van der Waals surface area (Å²) < 4.78 is 16.8. The first-order valence-corrected chi connectivity index (χ1v) is 15.9. The van der Waals surface area contributed by atoms with E-state index >= 15 is 0 Å². The number of allylic oxidation sites excluding steroid dienone is 3. The third-order valence-electron chi connectivity index (χ3n) is 9.60. The number of aromatic nitrogens is 2. The Kier molecular flexibility index (Phi) is 9.50. The van der Waals surface area contributed by atoms with Crippen LogP contribution in [0.4, 0.5) is 4.39 Å². The Bertz CT molecular complexity index is 1340. The number of amides is 2. The highest BCUT2D eigenvalue weighted by atomic mass is 19.1. The lowest BCUT2D eigenvalue weighted by Crippen LogP contribution is -2.43. The SMILES string of the molecule is CCCN(C(=O)C1C=C(F)C=CC1n1cc(C[C@@H]2CCN(CC3CCN(C(C)=O)CC3)C2)c2c(C)cncc21)C(C)C. The topological polar surface area (TPSA) is 61.7 Å². The van der Waals surface area contributed by atoms with Crippen molar-refractivity contribution >= 4 is 22.7 Å². The van der Waals surface area contributed by atoms with Gasteiger partial charge in [0, 0.05) is 63.5 Å². The van der Waals surface area contributed by atoms with Crippen LogP contribution in [-0.2, 0) is 16.0 Å². The Morgan fingerprint density at radius 2 is 1.86 bits per heavy atom. The Morgan fingerprint density at radius 1 is 1.12 bits per heavy atom. The number of nitrogens with zero attached hydrogens (tertiary/aromatic N) is 5. The fourth-order valence-corrected chi connectivity index (χ4v) is 7.39. The van der Waals surface area contributed by atoms with Gasteiger partial charge >= 0.3 is 0 Å². The van der Waals surface area contributed by atoms with Crippen molar-refractivity contribution in [2.75, 3.05) is 39.3 Å². The molecule has 3 atom stereocenters. The van der Waals surface area contributed by atoms with Crippen molar-refractivity contribution in [3.8, 4) is 0 Å². The molecule has 0 radical (unpaired) electrons. The van der Waals surface area contributed by atoms with E-state index in [0.717, 1.165) is 69.5 Å². The van der Waals surface area contributed by atoms with E-state index in [1.54, 1.807) is 6.92 Å². The van der Waals surface area contributed by atoms with Crippen LogP contribution in [0.15, 0.2) is 42.6 Å². The molecule has 0 aromatic carbocycles. The lowest BCUT2D eigenvalue weighted by molar-refractivity contribution is -0.136. The predicted octanol–water partition coefficient (Wildman–Crippen LogP) is 5.70. The molecule has 2 aromatic rings. The van der Waals surface area contributed by atoms with Crippen LogP contribution in [0.5, 0.6) is 0 Å². The van der Waals surface area contributed by atoms with Gasteiger partial charge in [0.05, 0.1) is 23.7 Å². The lowest BCUT2D eigenvalue weighted by atomic mass is 9.92. The van der Waals surface area contributed by atoms with Crippen molar-refractivity contribution in [3.05, 3.63) is 53.8 Å². The van der Waals surface area contributed by atoms with Crippen molar-refractivity contribution in [3.63, 3.8) is 0 Å². The molecule has 1 aliphatic carbocycles. The number of aryl methyl sites for hydroxylation is 1. The van der Waals surface area contributed by atoms with Crippen molar-refractivity contribution in [2.24, 2.45) is 17.8 Å². The average Bonchev–Trinajstić information content (AvgIpc) is 3.56. The van der Waals surface area contributed by atoms with E-state index in [2.05, 4.69) is 34.5 Å². The van der Waals surface area contributed by atoms with E-state index in [1.165, 1.54) is 29.5 Å². The summed E-state index contributed by atoms with van der Waals surface area (Å²) >= 11 is 0. The summed E-state index contributed by atoms with van der Waals surface area (Å²) in [5.74, 6) is 0.428. The van der Waals surface area contributed by atoms with Crippen LogP contribution in [0, 0.1) is 24.7 Å². The maximum absolute atomic E-state index is 14.6. The van der Waals surface area contributed by atoms with Crippen molar-refractivity contribution in [2.45, 2.75) is 78.8 Å². The van der Waals surface area contributed by atoms with Crippen LogP contribution in [0.2, 0.25) is 0 Å². The fraction of sp³-hybridized carbons (Fsp3) is 0.618. The van der Waals surface area contributed by atoms with Crippen LogP contribution in [0.1, 0.15) is 70.5 Å². The molecule has 228 valence electrons. The van der Waals surface area contributed by atoms with Gasteiger partial charge in [-0.2, -0.15) is 0 Å². The number of pyridine rings is 1. The van der Waals surface area contributed by atoms with Gasteiger partial charge in [-0.1, -0.05) is 13.0 Å². The number of likely N-dealkylation sites (tertiary alicyclic amines) is 2. The van der Waals surface area contributed by atoms with Crippen LogP contribution < -0.4 is 0 Å². The molecule has 2 aliphatic heterocycles. The third kappa shape index (κ3) is 6.48. The monoisotopic (exact) mass is 577 g/mol. The minimum atomic E-state index is -0.607.